The number of rotatable bonds is 2. The molecule has 1 N–H and O–H groups in total. The molecular formula is C14H16O. The predicted molar refractivity (Wildman–Crippen MR) is 63.9 cm³/mol. The first-order valence-corrected chi connectivity index (χ1v) is 5.25. The minimum atomic E-state index is -0.636. The summed E-state index contributed by atoms with van der Waals surface area (Å²) < 4.78 is 0. The van der Waals surface area contributed by atoms with Gasteiger partial charge >= 0.3 is 0 Å². The maximum absolute atomic E-state index is 9.74. The lowest BCUT2D eigenvalue weighted by Gasteiger charge is -2.17. The zero-order chi connectivity index (χ0) is 10.9. The summed E-state index contributed by atoms with van der Waals surface area (Å²) in [5, 5.41) is 12.2. The molecule has 2 aromatic carbocycles. The van der Waals surface area contributed by atoms with Crippen molar-refractivity contribution in [2.45, 2.75) is 25.9 Å². The van der Waals surface area contributed by atoms with Crippen molar-refractivity contribution in [2.24, 2.45) is 0 Å². The van der Waals surface area contributed by atoms with Gasteiger partial charge in [-0.15, -0.1) is 0 Å². The van der Waals surface area contributed by atoms with Crippen molar-refractivity contribution in [1.29, 1.82) is 0 Å². The zero-order valence-electron chi connectivity index (χ0n) is 9.20. The Balaban J connectivity index is 2.39. The van der Waals surface area contributed by atoms with Crippen LogP contribution in [0.25, 0.3) is 10.8 Å². The van der Waals surface area contributed by atoms with E-state index in [1.807, 2.05) is 26.0 Å². The van der Waals surface area contributed by atoms with Crippen molar-refractivity contribution >= 4 is 10.8 Å². The molecule has 0 spiro atoms. The van der Waals surface area contributed by atoms with Crippen LogP contribution in [0.15, 0.2) is 42.5 Å². The third kappa shape index (κ3) is 2.57. The molecule has 1 nitrogen and oxygen atoms in total. The smallest absolute Gasteiger partial charge is 0.0631 e. The van der Waals surface area contributed by atoms with Gasteiger partial charge in [0.05, 0.1) is 5.60 Å². The van der Waals surface area contributed by atoms with E-state index < -0.39 is 5.60 Å². The Morgan fingerprint density at radius 3 is 2.33 bits per heavy atom. The highest BCUT2D eigenvalue weighted by Gasteiger charge is 2.13. The van der Waals surface area contributed by atoms with Gasteiger partial charge in [-0.25, -0.2) is 0 Å². The fourth-order valence-corrected chi connectivity index (χ4v) is 1.85. The van der Waals surface area contributed by atoms with E-state index in [0.717, 1.165) is 0 Å². The molecule has 15 heavy (non-hydrogen) atoms. The standard InChI is InChI=1S/C14H16O/c1-14(2,15)10-11-7-8-12-5-3-4-6-13(12)9-11/h3-9,15H,10H2,1-2H3. The van der Waals surface area contributed by atoms with Crippen molar-refractivity contribution in [2.75, 3.05) is 0 Å². The largest absolute Gasteiger partial charge is 0.390 e. The lowest BCUT2D eigenvalue weighted by Crippen LogP contribution is -2.21. The van der Waals surface area contributed by atoms with Gasteiger partial charge in [0.2, 0.25) is 0 Å². The van der Waals surface area contributed by atoms with Gasteiger partial charge in [0.1, 0.15) is 0 Å². The Labute approximate surface area is 90.4 Å². The number of hydrogen-bond donors (Lipinski definition) is 1. The fraction of sp³-hybridized carbons (Fsp3) is 0.286. The molecule has 0 saturated carbocycles. The average Bonchev–Trinajstić information content (AvgIpc) is 2.15. The van der Waals surface area contributed by atoms with E-state index in [4.69, 9.17) is 0 Å². The maximum Gasteiger partial charge on any atom is 0.0631 e. The van der Waals surface area contributed by atoms with E-state index in [2.05, 4.69) is 30.3 Å². The van der Waals surface area contributed by atoms with Gasteiger partial charge in [-0.3, -0.25) is 0 Å². The van der Waals surface area contributed by atoms with Crippen LogP contribution < -0.4 is 0 Å². The highest BCUT2D eigenvalue weighted by molar-refractivity contribution is 5.82. The Bertz CT molecular complexity index is 466. The van der Waals surface area contributed by atoms with Crippen molar-refractivity contribution in [3.8, 4) is 0 Å². The first-order chi connectivity index (χ1) is 7.04. The van der Waals surface area contributed by atoms with Crippen LogP contribution in [0.2, 0.25) is 0 Å². The summed E-state index contributed by atoms with van der Waals surface area (Å²) in [5.41, 5.74) is 0.545. The van der Waals surface area contributed by atoms with Crippen LogP contribution in [0.1, 0.15) is 19.4 Å². The molecule has 0 bridgehead atoms. The van der Waals surface area contributed by atoms with Crippen LogP contribution in [0, 0.1) is 0 Å². The van der Waals surface area contributed by atoms with E-state index >= 15 is 0 Å². The quantitative estimate of drug-likeness (QED) is 0.789. The third-order valence-electron chi connectivity index (χ3n) is 2.45. The molecule has 78 valence electrons. The molecule has 0 fully saturated rings. The van der Waals surface area contributed by atoms with Gasteiger partial charge < -0.3 is 5.11 Å². The molecule has 2 aromatic rings. The second-order valence-electron chi connectivity index (χ2n) is 4.67. The Kier molecular flexibility index (Phi) is 2.49. The van der Waals surface area contributed by atoms with Crippen molar-refractivity contribution in [3.05, 3.63) is 48.0 Å². The van der Waals surface area contributed by atoms with Crippen LogP contribution >= 0.6 is 0 Å². The molecule has 0 aliphatic rings. The second kappa shape index (κ2) is 3.67. The Hall–Kier alpha value is -1.34. The van der Waals surface area contributed by atoms with Gasteiger partial charge in [0.15, 0.2) is 0 Å². The van der Waals surface area contributed by atoms with Gasteiger partial charge in [-0.1, -0.05) is 42.5 Å². The number of aliphatic hydroxyl groups is 1. The van der Waals surface area contributed by atoms with E-state index in [-0.39, 0.29) is 0 Å². The van der Waals surface area contributed by atoms with Crippen LogP contribution in [0.5, 0.6) is 0 Å². The molecule has 0 unspecified atom stereocenters. The number of benzene rings is 2. The molecule has 0 amide bonds. The summed E-state index contributed by atoms with van der Waals surface area (Å²) in [7, 11) is 0. The van der Waals surface area contributed by atoms with E-state index in [0.29, 0.717) is 6.42 Å². The SMILES string of the molecule is CC(C)(O)Cc1ccc2ccccc2c1. The zero-order valence-corrected chi connectivity index (χ0v) is 9.20. The molecule has 0 heterocycles. The second-order valence-corrected chi connectivity index (χ2v) is 4.67. The summed E-state index contributed by atoms with van der Waals surface area (Å²) in [6.45, 7) is 3.67. The Morgan fingerprint density at radius 2 is 1.67 bits per heavy atom. The van der Waals surface area contributed by atoms with Crippen LogP contribution in [-0.2, 0) is 6.42 Å². The first-order valence-electron chi connectivity index (χ1n) is 5.25. The molecule has 0 aliphatic heterocycles. The minimum Gasteiger partial charge on any atom is -0.390 e. The molecule has 0 radical (unpaired) electrons. The topological polar surface area (TPSA) is 20.2 Å². The van der Waals surface area contributed by atoms with E-state index in [1.165, 1.54) is 16.3 Å². The van der Waals surface area contributed by atoms with Gasteiger partial charge in [0, 0.05) is 6.42 Å². The molecule has 0 saturated heterocycles. The van der Waals surface area contributed by atoms with Crippen LogP contribution in [0.3, 0.4) is 0 Å². The summed E-state index contributed by atoms with van der Waals surface area (Å²) in [5.74, 6) is 0. The molecule has 0 aromatic heterocycles. The number of fused-ring (bicyclic) bond motifs is 1. The summed E-state index contributed by atoms with van der Waals surface area (Å²) in [6.07, 6.45) is 0.692. The average molecular weight is 200 g/mol. The van der Waals surface area contributed by atoms with Crippen LogP contribution in [0.4, 0.5) is 0 Å². The summed E-state index contributed by atoms with van der Waals surface area (Å²) in [6, 6.07) is 14.6. The maximum atomic E-state index is 9.74. The van der Waals surface area contributed by atoms with Crippen molar-refractivity contribution in [1.82, 2.24) is 0 Å². The monoisotopic (exact) mass is 200 g/mol. The van der Waals surface area contributed by atoms with Gasteiger partial charge in [-0.2, -0.15) is 0 Å². The summed E-state index contributed by atoms with van der Waals surface area (Å²) in [4.78, 5) is 0. The molecule has 0 aliphatic carbocycles. The molecule has 2 rings (SSSR count). The third-order valence-corrected chi connectivity index (χ3v) is 2.45. The summed E-state index contributed by atoms with van der Waals surface area (Å²) >= 11 is 0. The van der Waals surface area contributed by atoms with Gasteiger partial charge in [-0.05, 0) is 30.2 Å². The Morgan fingerprint density at radius 1 is 1.00 bits per heavy atom. The van der Waals surface area contributed by atoms with Crippen molar-refractivity contribution in [3.63, 3.8) is 0 Å². The first kappa shape index (κ1) is 10.2. The lowest BCUT2D eigenvalue weighted by atomic mass is 9.97. The van der Waals surface area contributed by atoms with E-state index in [1.54, 1.807) is 0 Å². The highest BCUT2D eigenvalue weighted by Crippen LogP contribution is 2.19. The minimum absolute atomic E-state index is 0.636. The van der Waals surface area contributed by atoms with Crippen LogP contribution in [-0.4, -0.2) is 10.7 Å². The predicted octanol–water partition coefficient (Wildman–Crippen LogP) is 3.15. The fourth-order valence-electron chi connectivity index (χ4n) is 1.85. The molecular weight excluding hydrogens is 184 g/mol. The molecule has 0 atom stereocenters. The number of hydrogen-bond acceptors (Lipinski definition) is 1. The van der Waals surface area contributed by atoms with E-state index in [9.17, 15) is 5.11 Å². The highest BCUT2D eigenvalue weighted by atomic mass is 16.3. The lowest BCUT2D eigenvalue weighted by molar-refractivity contribution is 0.0810. The van der Waals surface area contributed by atoms with Crippen molar-refractivity contribution < 1.29 is 5.11 Å². The van der Waals surface area contributed by atoms with Gasteiger partial charge in [0.25, 0.3) is 0 Å². The molecule has 1 heteroatoms. The normalized spacial score (nSPS) is 11.9.